The van der Waals surface area contributed by atoms with E-state index in [1.807, 2.05) is 43.0 Å². The predicted molar refractivity (Wildman–Crippen MR) is 182 cm³/mol. The molecule has 2 heterocycles. The van der Waals surface area contributed by atoms with E-state index < -0.39 is 0 Å². The zero-order chi connectivity index (χ0) is 31.7. The summed E-state index contributed by atoms with van der Waals surface area (Å²) in [6.07, 6.45) is 12.1. The molecule has 1 unspecified atom stereocenters. The first-order valence-corrected chi connectivity index (χ1v) is 14.9. The summed E-state index contributed by atoms with van der Waals surface area (Å²) in [5, 5.41) is 14.7. The van der Waals surface area contributed by atoms with Gasteiger partial charge in [-0.15, -0.1) is 0 Å². The van der Waals surface area contributed by atoms with Gasteiger partial charge in [-0.05, 0) is 74.9 Å². The fraction of sp³-hybridized carbons (Fsp3) is 0.278. The van der Waals surface area contributed by atoms with Crippen molar-refractivity contribution < 1.29 is 4.79 Å². The zero-order valence-electron chi connectivity index (χ0n) is 26.3. The molecule has 230 valence electrons. The van der Waals surface area contributed by atoms with Crippen LogP contribution in [0.2, 0.25) is 0 Å². The lowest BCUT2D eigenvalue weighted by atomic mass is 10.0. The number of amides is 1. The number of amidine groups is 1. The highest BCUT2D eigenvalue weighted by Gasteiger charge is 2.19. The van der Waals surface area contributed by atoms with E-state index in [0.717, 1.165) is 46.8 Å². The Morgan fingerprint density at radius 2 is 1.73 bits per heavy atom. The molecule has 5 rings (SSSR count). The molecule has 0 saturated heterocycles. The number of aromatic amines is 1. The largest absolute Gasteiger partial charge is 0.361 e. The van der Waals surface area contributed by atoms with Gasteiger partial charge >= 0.3 is 0 Å². The minimum absolute atomic E-state index is 0.157. The molecule has 0 aliphatic carbocycles. The first-order valence-electron chi connectivity index (χ1n) is 14.9. The number of hydrogen-bond acceptors (Lipinski definition) is 5. The van der Waals surface area contributed by atoms with Gasteiger partial charge in [-0.3, -0.25) is 20.2 Å². The van der Waals surface area contributed by atoms with E-state index in [9.17, 15) is 4.79 Å². The van der Waals surface area contributed by atoms with Gasteiger partial charge in [0.15, 0.2) is 0 Å². The number of carbonyl (C=O) groups is 1. The summed E-state index contributed by atoms with van der Waals surface area (Å²) in [6, 6.07) is 22.7. The van der Waals surface area contributed by atoms with E-state index in [1.165, 1.54) is 16.5 Å². The highest BCUT2D eigenvalue weighted by molar-refractivity contribution is 5.87. The van der Waals surface area contributed by atoms with Crippen LogP contribution < -0.4 is 11.1 Å². The van der Waals surface area contributed by atoms with Crippen LogP contribution in [-0.4, -0.2) is 44.8 Å². The number of aryl methyl sites for hydroxylation is 2. The van der Waals surface area contributed by atoms with Crippen LogP contribution in [0.5, 0.6) is 0 Å². The second-order valence-electron chi connectivity index (χ2n) is 10.7. The molecule has 0 spiro atoms. The number of allylic oxidation sites excluding steroid dienone is 2. The first kappa shape index (κ1) is 33.7. The van der Waals surface area contributed by atoms with E-state index in [-0.39, 0.29) is 12.7 Å². The Hall–Kier alpha value is -4.82. The van der Waals surface area contributed by atoms with Crippen LogP contribution in [0.1, 0.15) is 50.4 Å². The van der Waals surface area contributed by atoms with Gasteiger partial charge in [0.1, 0.15) is 5.84 Å². The minimum Gasteiger partial charge on any atom is -0.361 e. The van der Waals surface area contributed by atoms with Crippen LogP contribution >= 0.6 is 0 Å². The number of carbonyl (C=O) groups excluding carboxylic acids is 1. The fourth-order valence-corrected chi connectivity index (χ4v) is 4.64. The summed E-state index contributed by atoms with van der Waals surface area (Å²) in [4.78, 5) is 23.7. The van der Waals surface area contributed by atoms with Crippen LogP contribution in [0, 0.1) is 12.3 Å². The normalized spacial score (nSPS) is 10.9. The number of rotatable bonds is 10. The third-order valence-corrected chi connectivity index (χ3v) is 7.21. The molecule has 0 fully saturated rings. The zero-order valence-corrected chi connectivity index (χ0v) is 26.3. The predicted octanol–water partition coefficient (Wildman–Crippen LogP) is 6.91. The molecule has 1 amide bonds. The average Bonchev–Trinajstić information content (AvgIpc) is 3.46. The van der Waals surface area contributed by atoms with E-state index >= 15 is 0 Å². The van der Waals surface area contributed by atoms with Crippen molar-refractivity contribution in [2.75, 3.05) is 6.54 Å². The number of nitrogens with one attached hydrogen (secondary N) is 3. The Morgan fingerprint density at radius 1 is 1.02 bits per heavy atom. The van der Waals surface area contributed by atoms with E-state index in [0.29, 0.717) is 18.8 Å². The van der Waals surface area contributed by atoms with E-state index in [2.05, 4.69) is 88.9 Å². The molecule has 44 heavy (non-hydrogen) atoms. The third-order valence-electron chi connectivity index (χ3n) is 7.21. The van der Waals surface area contributed by atoms with Crippen molar-refractivity contribution in [3.8, 4) is 0 Å². The monoisotopic (exact) mass is 591 g/mol. The Balaban J connectivity index is 0.000000369. The van der Waals surface area contributed by atoms with Gasteiger partial charge in [0, 0.05) is 42.2 Å². The Morgan fingerprint density at radius 3 is 2.39 bits per heavy atom. The average molecular weight is 592 g/mol. The quantitative estimate of drug-likeness (QED) is 0.0462. The maximum atomic E-state index is 10.8. The minimum atomic E-state index is -0.319. The van der Waals surface area contributed by atoms with Gasteiger partial charge in [-0.1, -0.05) is 72.3 Å². The van der Waals surface area contributed by atoms with Crippen LogP contribution in [-0.2, 0) is 17.8 Å². The number of aromatic nitrogens is 3. The first-order chi connectivity index (χ1) is 21.3. The molecule has 0 bridgehead atoms. The van der Waals surface area contributed by atoms with Crippen molar-refractivity contribution in [1.29, 1.82) is 5.41 Å². The van der Waals surface area contributed by atoms with Crippen molar-refractivity contribution >= 4 is 33.9 Å². The molecule has 8 nitrogen and oxygen atoms in total. The topological polar surface area (TPSA) is 124 Å². The lowest BCUT2D eigenvalue weighted by Gasteiger charge is -2.32. The molecule has 0 aliphatic heterocycles. The number of fused-ring (bicyclic) bond motifs is 2. The standard InChI is InChI=1S/C26H29N5O.C5H6N2.C5H10/c27-25(14-6-9-20-15-30-24-13-4-3-12-23(20)24)31(26(28)16-29-18-32)17-21-10-5-8-19-7-1-2-11-22(19)21;1-5-4-6-2-3-7-5;1-4-5(2)3/h1-5,7-8,10-13,15,18,25,28,30H,6,9,14,16-17,27H2,(H,29,32);2-4H,1H3;4H,1-3H3. The van der Waals surface area contributed by atoms with Crippen molar-refractivity contribution in [1.82, 2.24) is 25.2 Å². The summed E-state index contributed by atoms with van der Waals surface area (Å²) in [7, 11) is 0. The molecule has 0 radical (unpaired) electrons. The molecule has 5 aromatic rings. The van der Waals surface area contributed by atoms with Gasteiger partial charge in [-0.25, -0.2) is 0 Å². The molecule has 1 atom stereocenters. The van der Waals surface area contributed by atoms with Gasteiger partial charge < -0.3 is 20.9 Å². The number of para-hydroxylation sites is 1. The molecule has 3 aromatic carbocycles. The second kappa shape index (κ2) is 18.0. The molecule has 0 aliphatic rings. The van der Waals surface area contributed by atoms with Crippen molar-refractivity contribution in [3.63, 3.8) is 0 Å². The maximum Gasteiger partial charge on any atom is 0.207 e. The van der Waals surface area contributed by atoms with E-state index in [4.69, 9.17) is 11.1 Å². The Kier molecular flexibility index (Phi) is 13.8. The maximum absolute atomic E-state index is 10.8. The van der Waals surface area contributed by atoms with Gasteiger partial charge in [0.25, 0.3) is 0 Å². The van der Waals surface area contributed by atoms with Crippen LogP contribution in [0.25, 0.3) is 21.7 Å². The number of H-pyrrole nitrogens is 1. The van der Waals surface area contributed by atoms with Gasteiger partial charge in [-0.2, -0.15) is 0 Å². The SMILES string of the molecule is CC=C(C)C.Cc1cnccn1.N=C(CNC=O)N(Cc1cccc2ccccc12)C(N)CCCc1c[nH]c2ccccc12. The summed E-state index contributed by atoms with van der Waals surface area (Å²) < 4.78 is 0. The number of benzene rings is 3. The lowest BCUT2D eigenvalue weighted by molar-refractivity contribution is -0.109. The molecule has 8 heteroatoms. The third kappa shape index (κ3) is 10.5. The van der Waals surface area contributed by atoms with Crippen molar-refractivity contribution in [2.45, 2.75) is 59.7 Å². The fourth-order valence-electron chi connectivity index (χ4n) is 4.64. The molecule has 0 saturated carbocycles. The van der Waals surface area contributed by atoms with Crippen LogP contribution in [0.15, 0.2) is 103 Å². The molecule has 2 aromatic heterocycles. The van der Waals surface area contributed by atoms with Gasteiger partial charge in [0.2, 0.25) is 6.41 Å². The highest BCUT2D eigenvalue weighted by atomic mass is 16.1. The van der Waals surface area contributed by atoms with Crippen LogP contribution in [0.3, 0.4) is 0 Å². The number of hydrogen-bond donors (Lipinski definition) is 4. The van der Waals surface area contributed by atoms with Gasteiger partial charge in [0.05, 0.1) is 18.4 Å². The van der Waals surface area contributed by atoms with E-state index in [1.54, 1.807) is 18.6 Å². The Labute approximate surface area is 260 Å². The summed E-state index contributed by atoms with van der Waals surface area (Å²) >= 11 is 0. The van der Waals surface area contributed by atoms with Crippen molar-refractivity contribution in [3.05, 3.63) is 120 Å². The molecule has 5 N–H and O–H groups in total. The molecular formula is C36H45N7O. The highest BCUT2D eigenvalue weighted by Crippen LogP contribution is 2.23. The summed E-state index contributed by atoms with van der Waals surface area (Å²) in [5.74, 6) is 0.310. The van der Waals surface area contributed by atoms with Crippen LogP contribution in [0.4, 0.5) is 0 Å². The summed E-state index contributed by atoms with van der Waals surface area (Å²) in [6.45, 7) is 8.79. The number of nitrogens with two attached hydrogens (primary N) is 1. The number of nitrogens with zero attached hydrogens (tertiary/aromatic N) is 3. The lowest BCUT2D eigenvalue weighted by Crippen LogP contribution is -2.48. The van der Waals surface area contributed by atoms with Crippen molar-refractivity contribution in [2.24, 2.45) is 5.73 Å². The smallest absolute Gasteiger partial charge is 0.207 e. The second-order valence-corrected chi connectivity index (χ2v) is 10.7. The Bertz CT molecular complexity index is 1620. The summed E-state index contributed by atoms with van der Waals surface area (Å²) in [5.41, 5.74) is 12.5. The molecular weight excluding hydrogens is 546 g/mol.